The van der Waals surface area contributed by atoms with E-state index in [4.69, 9.17) is 24.7 Å². The van der Waals surface area contributed by atoms with Gasteiger partial charge in [0.1, 0.15) is 42.4 Å². The molecule has 56 heavy (non-hydrogen) atoms. The number of aliphatic hydroxyl groups excluding tert-OH is 2. The van der Waals surface area contributed by atoms with Gasteiger partial charge in [0.2, 0.25) is 11.7 Å². The largest absolute Gasteiger partial charge is 0.756 e. The number of nitrogen functional groups attached to an aromatic ring is 1. The average Bonchev–Trinajstić information content (AvgIpc) is 3.80. The van der Waals surface area contributed by atoms with E-state index in [-0.39, 0.29) is 34.1 Å². The lowest BCUT2D eigenvalue weighted by Gasteiger charge is -2.35. The molecule has 6 heterocycles. The van der Waals surface area contributed by atoms with Crippen molar-refractivity contribution >= 4 is 51.7 Å². The first kappa shape index (κ1) is 42.3. The summed E-state index contributed by atoms with van der Waals surface area (Å²) in [6.45, 7) is 2.64. The van der Waals surface area contributed by atoms with Crippen LogP contribution in [0, 0.1) is 6.92 Å². The van der Waals surface area contributed by atoms with Crippen LogP contribution in [0.5, 0.6) is 0 Å². The van der Waals surface area contributed by atoms with Gasteiger partial charge in [-0.05, 0) is 20.8 Å². The highest BCUT2D eigenvalue weighted by atomic mass is 31.3. The van der Waals surface area contributed by atoms with E-state index in [1.54, 1.807) is 13.8 Å². The van der Waals surface area contributed by atoms with Gasteiger partial charge in [-0.3, -0.25) is 37.4 Å². The molecule has 5 unspecified atom stereocenters. The van der Waals surface area contributed by atoms with Crippen molar-refractivity contribution in [2.75, 3.05) is 26.1 Å². The van der Waals surface area contributed by atoms with Gasteiger partial charge in [0.25, 0.3) is 40.5 Å². The van der Waals surface area contributed by atoms with Crippen molar-refractivity contribution in [3.63, 3.8) is 0 Å². The molecule has 6 N–H and O–H groups in total. The topological polar surface area (TPSA) is 379 Å². The molecule has 4 aromatic heterocycles. The molecule has 0 bridgehead atoms. The predicted molar refractivity (Wildman–Crippen MR) is 176 cm³/mol. The number of hydrogen-bond donors (Lipinski definition) is 5. The molecule has 0 aromatic carbocycles. The highest BCUT2D eigenvalue weighted by Gasteiger charge is 2.49. The molecule has 30 heteroatoms. The number of imidazole rings is 2. The Morgan fingerprint density at radius 1 is 0.964 bits per heavy atom. The minimum Gasteiger partial charge on any atom is -0.756 e. The number of nitrogens with zero attached hydrogens (tertiary/aromatic N) is 6. The highest BCUT2D eigenvalue weighted by molar-refractivity contribution is 7.65. The molecule has 11 atom stereocenters. The van der Waals surface area contributed by atoms with Crippen LogP contribution in [-0.4, -0.2) is 107 Å². The molecule has 0 aliphatic carbocycles. The van der Waals surface area contributed by atoms with Crippen molar-refractivity contribution in [3.05, 3.63) is 39.2 Å². The first-order valence-corrected chi connectivity index (χ1v) is 20.7. The number of phosphoric ester groups is 2. The lowest BCUT2D eigenvalue weighted by molar-refractivity contribution is -0.745. The van der Waals surface area contributed by atoms with Crippen LogP contribution in [0.4, 0.5) is 5.95 Å². The third kappa shape index (κ3) is 8.73. The summed E-state index contributed by atoms with van der Waals surface area (Å²) in [5.41, 5.74) is 4.43. The molecular formula is C26H36N9O18P3-2. The van der Waals surface area contributed by atoms with Gasteiger partial charge in [-0.1, -0.05) is 4.98 Å². The standard InChI is InChI=1S/C26H38N9O18P3/c1-10(2)49-19-13(51-24(17(19)37)34-8-28-14-20(34)29-11(3)30-22(14)38)7-48-55(42,43)53-56(44,45)52-54(40,41)47-6-12-18(46-5)16(36)25(50-12)35-9-33(4)15-21(35)31-26(27)32-23(15)39/h8-10,12-13,16-19,24-25,36-37H,6-7H2,1-5H3,(H6-,27,29,30,31,32,38,39,40,41,42,43,44,45)/p-2/t12-,13-,16+,17+,18?,19?,24-,25-/m1/s1. The van der Waals surface area contributed by atoms with Crippen molar-refractivity contribution in [3.8, 4) is 0 Å². The number of anilines is 1. The Labute approximate surface area is 313 Å². The monoisotopic (exact) mass is 855 g/mol. The Kier molecular flexibility index (Phi) is 11.9. The third-order valence-corrected chi connectivity index (χ3v) is 12.5. The number of aromatic nitrogens is 8. The number of aryl methyl sites for hydroxylation is 2. The summed E-state index contributed by atoms with van der Waals surface area (Å²) < 4.78 is 81.1. The predicted octanol–water partition coefficient (Wildman–Crippen LogP) is -3.63. The van der Waals surface area contributed by atoms with Crippen LogP contribution in [0.25, 0.3) is 22.3 Å². The lowest BCUT2D eigenvalue weighted by atomic mass is 10.1. The molecule has 310 valence electrons. The zero-order chi connectivity index (χ0) is 41.1. The van der Waals surface area contributed by atoms with Gasteiger partial charge in [0, 0.05) is 7.11 Å². The van der Waals surface area contributed by atoms with E-state index < -0.39 is 103 Å². The summed E-state index contributed by atoms with van der Waals surface area (Å²) in [5.74, 6) is -0.0397. The van der Waals surface area contributed by atoms with Gasteiger partial charge in [-0.15, -0.1) is 0 Å². The van der Waals surface area contributed by atoms with E-state index in [0.29, 0.717) is 0 Å². The van der Waals surface area contributed by atoms with Crippen LogP contribution >= 0.6 is 23.5 Å². The van der Waals surface area contributed by atoms with E-state index >= 15 is 0 Å². The number of ether oxygens (including phenoxy) is 4. The average molecular weight is 856 g/mol. The maximum Gasteiger partial charge on any atom is 0.313 e. The van der Waals surface area contributed by atoms with Crippen LogP contribution in [0.15, 0.2) is 22.2 Å². The van der Waals surface area contributed by atoms with Crippen LogP contribution in [0.1, 0.15) is 32.1 Å². The number of methoxy groups -OCH3 is 1. The molecule has 2 saturated heterocycles. The Bertz CT molecular complexity index is 2370. The van der Waals surface area contributed by atoms with E-state index in [2.05, 4.69) is 42.6 Å². The molecule has 2 fully saturated rings. The quantitative estimate of drug-likeness (QED) is 0.0569. The van der Waals surface area contributed by atoms with Gasteiger partial charge in [0.15, 0.2) is 23.7 Å². The second-order valence-electron chi connectivity index (χ2n) is 12.8. The maximum atomic E-state index is 12.6. The van der Waals surface area contributed by atoms with Gasteiger partial charge in [-0.2, -0.15) is 0 Å². The second-order valence-corrected chi connectivity index (χ2v) is 17.3. The van der Waals surface area contributed by atoms with Crippen LogP contribution in [0.3, 0.4) is 0 Å². The zero-order valence-electron chi connectivity index (χ0n) is 29.8. The summed E-state index contributed by atoms with van der Waals surface area (Å²) in [6, 6.07) is 0. The summed E-state index contributed by atoms with van der Waals surface area (Å²) in [6.07, 6.45) is -9.29. The lowest BCUT2D eigenvalue weighted by Crippen LogP contribution is -2.46. The Balaban J connectivity index is 1.09. The third-order valence-electron chi connectivity index (χ3n) is 8.40. The van der Waals surface area contributed by atoms with Gasteiger partial charge in [0.05, 0.1) is 32.7 Å². The van der Waals surface area contributed by atoms with Crippen LogP contribution in [0.2, 0.25) is 0 Å². The molecule has 0 radical (unpaired) electrons. The molecule has 4 aromatic rings. The number of rotatable bonds is 15. The zero-order valence-corrected chi connectivity index (χ0v) is 32.5. The summed E-state index contributed by atoms with van der Waals surface area (Å²) in [4.78, 5) is 79.4. The molecule has 2 aliphatic rings. The van der Waals surface area contributed by atoms with E-state index in [0.717, 1.165) is 13.4 Å². The molecule has 0 amide bonds. The van der Waals surface area contributed by atoms with Crippen molar-refractivity contribution in [2.24, 2.45) is 7.05 Å². The van der Waals surface area contributed by atoms with E-state index in [9.17, 15) is 48.2 Å². The Morgan fingerprint density at radius 3 is 2.20 bits per heavy atom. The van der Waals surface area contributed by atoms with Crippen LogP contribution in [-0.2, 0) is 57.4 Å². The van der Waals surface area contributed by atoms with Crippen molar-refractivity contribution in [1.29, 1.82) is 0 Å². The van der Waals surface area contributed by atoms with Crippen molar-refractivity contribution in [1.82, 2.24) is 34.1 Å². The Morgan fingerprint density at radius 2 is 1.59 bits per heavy atom. The molecule has 0 spiro atoms. The SMILES string of the molecule is COC1[C@@H](COP(=O)([O-])OP(=O)([O-])OP(=O)([O-])OC[C@H]2O[C@@H](n3cnc4c(=O)[nH]c(C)nc43)[C@@H](O)C2OC(C)C)O[C@@H]([n+]2cn(C)c3c(=O)[nH]c(N)nc32)[C@H]1O. The fourth-order valence-corrected chi connectivity index (χ4v) is 9.64. The number of phosphoric acid groups is 3. The van der Waals surface area contributed by atoms with Gasteiger partial charge >= 0.3 is 5.65 Å². The molecule has 2 aliphatic heterocycles. The van der Waals surface area contributed by atoms with Crippen molar-refractivity contribution < 1.29 is 79.8 Å². The van der Waals surface area contributed by atoms with Gasteiger partial charge in [-0.25, -0.2) is 23.2 Å². The van der Waals surface area contributed by atoms with Crippen LogP contribution < -0.4 is 36.1 Å². The number of nitrogens with one attached hydrogen (secondary N) is 2. The molecule has 6 rings (SSSR count). The summed E-state index contributed by atoms with van der Waals surface area (Å²) in [7, 11) is -15.6. The number of H-pyrrole nitrogens is 2. The van der Waals surface area contributed by atoms with E-state index in [1.807, 2.05) is 0 Å². The van der Waals surface area contributed by atoms with E-state index in [1.165, 1.54) is 34.0 Å². The number of aromatic amines is 2. The summed E-state index contributed by atoms with van der Waals surface area (Å²) in [5, 5.41) is 22.0. The molecular weight excluding hydrogens is 819 g/mol. The molecule has 27 nitrogen and oxygen atoms in total. The minimum absolute atomic E-state index is 0.0174. The van der Waals surface area contributed by atoms with Crippen molar-refractivity contribution in [2.45, 2.75) is 76.0 Å². The first-order valence-electron chi connectivity index (χ1n) is 16.3. The fraction of sp³-hybridized carbons (Fsp3) is 0.615. The smallest absolute Gasteiger partial charge is 0.313 e. The Hall–Kier alpha value is -3.33. The summed E-state index contributed by atoms with van der Waals surface area (Å²) >= 11 is 0. The first-order chi connectivity index (χ1) is 26.1. The normalized spacial score (nSPS) is 28.9. The number of fused-ring (bicyclic) bond motifs is 2. The fourth-order valence-electron chi connectivity index (χ4n) is 6.25. The number of nitrogens with two attached hydrogens (primary N) is 1. The number of hydrogen-bond acceptors (Lipinski definition) is 22. The van der Waals surface area contributed by atoms with Gasteiger partial charge < -0.3 is 63.6 Å². The number of aliphatic hydroxyl groups is 2. The maximum absolute atomic E-state index is 12.6. The highest BCUT2D eigenvalue weighted by Crippen LogP contribution is 2.63. The second kappa shape index (κ2) is 15.8. The minimum atomic E-state index is -6.33. The molecule has 0 saturated carbocycles.